The van der Waals surface area contributed by atoms with E-state index in [0.29, 0.717) is 0 Å². The summed E-state index contributed by atoms with van der Waals surface area (Å²) in [6, 6.07) is 0. The second kappa shape index (κ2) is 3.86. The highest BCUT2D eigenvalue weighted by Crippen LogP contribution is 2.35. The standard InChI is InChI=1S/C8H13BrO5/c1-3-5(11)6(12)7(13)8(9,14-3)4(2)10/h3,5-7,11-13H,1-2H3/t3-,5+,6+,7-,8?/m1/s1. The number of ether oxygens (including phenoxy) is 1. The predicted molar refractivity (Wildman–Crippen MR) is 50.9 cm³/mol. The van der Waals surface area contributed by atoms with E-state index in [0.717, 1.165) is 0 Å². The Kier molecular flexibility index (Phi) is 3.33. The molecule has 0 bridgehead atoms. The molecule has 1 saturated heterocycles. The number of hydrogen-bond donors (Lipinski definition) is 3. The molecule has 0 aromatic carbocycles. The number of carbonyl (C=O) groups is 1. The van der Waals surface area contributed by atoms with Crippen molar-refractivity contribution in [1.29, 1.82) is 0 Å². The Labute approximate surface area is 89.8 Å². The summed E-state index contributed by atoms with van der Waals surface area (Å²) in [6.45, 7) is 2.74. The van der Waals surface area contributed by atoms with E-state index < -0.39 is 34.7 Å². The van der Waals surface area contributed by atoms with Crippen LogP contribution in [0.4, 0.5) is 0 Å². The second-order valence-electron chi connectivity index (χ2n) is 3.45. The normalized spacial score (nSPS) is 49.0. The second-order valence-corrected chi connectivity index (χ2v) is 4.63. The molecule has 1 aliphatic rings. The first-order valence-corrected chi connectivity index (χ1v) is 5.02. The number of ketones is 1. The molecule has 0 aromatic heterocycles. The number of rotatable bonds is 1. The van der Waals surface area contributed by atoms with Crippen LogP contribution in [0.15, 0.2) is 0 Å². The molecule has 14 heavy (non-hydrogen) atoms. The van der Waals surface area contributed by atoms with Crippen LogP contribution in [-0.4, -0.2) is 50.0 Å². The van der Waals surface area contributed by atoms with E-state index in [9.17, 15) is 20.1 Å². The molecule has 0 aromatic rings. The van der Waals surface area contributed by atoms with Crippen LogP contribution in [0.1, 0.15) is 13.8 Å². The zero-order valence-electron chi connectivity index (χ0n) is 7.85. The van der Waals surface area contributed by atoms with Gasteiger partial charge in [-0.15, -0.1) is 0 Å². The molecule has 1 fully saturated rings. The maximum Gasteiger partial charge on any atom is 0.209 e. The van der Waals surface area contributed by atoms with Crippen LogP contribution in [-0.2, 0) is 9.53 Å². The molecule has 82 valence electrons. The van der Waals surface area contributed by atoms with E-state index in [1.807, 2.05) is 0 Å². The molecule has 1 unspecified atom stereocenters. The zero-order valence-corrected chi connectivity index (χ0v) is 9.43. The fraction of sp³-hybridized carbons (Fsp3) is 0.875. The molecule has 0 saturated carbocycles. The lowest BCUT2D eigenvalue weighted by molar-refractivity contribution is -0.223. The Morgan fingerprint density at radius 2 is 1.86 bits per heavy atom. The Morgan fingerprint density at radius 3 is 2.29 bits per heavy atom. The minimum atomic E-state index is -1.62. The van der Waals surface area contributed by atoms with E-state index in [-0.39, 0.29) is 0 Å². The lowest BCUT2D eigenvalue weighted by Gasteiger charge is -2.43. The maximum absolute atomic E-state index is 11.2. The highest BCUT2D eigenvalue weighted by Gasteiger charge is 2.53. The van der Waals surface area contributed by atoms with Crippen LogP contribution in [0, 0.1) is 0 Å². The largest absolute Gasteiger partial charge is 0.388 e. The van der Waals surface area contributed by atoms with Crippen LogP contribution in [0.5, 0.6) is 0 Å². The number of hydrogen-bond acceptors (Lipinski definition) is 5. The molecule has 5 atom stereocenters. The Balaban J connectivity index is 2.96. The van der Waals surface area contributed by atoms with Crippen molar-refractivity contribution in [3.63, 3.8) is 0 Å². The highest BCUT2D eigenvalue weighted by molar-refractivity contribution is 9.10. The van der Waals surface area contributed by atoms with Gasteiger partial charge in [0.25, 0.3) is 0 Å². The van der Waals surface area contributed by atoms with Crippen LogP contribution in [0.25, 0.3) is 0 Å². The summed E-state index contributed by atoms with van der Waals surface area (Å²) in [7, 11) is 0. The summed E-state index contributed by atoms with van der Waals surface area (Å²) in [5, 5.41) is 28.4. The van der Waals surface area contributed by atoms with Gasteiger partial charge in [-0.05, 0) is 29.8 Å². The molecule has 0 aliphatic carbocycles. The first-order chi connectivity index (χ1) is 6.30. The van der Waals surface area contributed by atoms with E-state index in [1.165, 1.54) is 13.8 Å². The van der Waals surface area contributed by atoms with E-state index in [1.54, 1.807) is 0 Å². The molecule has 0 radical (unpaired) electrons. The molecule has 6 heteroatoms. The van der Waals surface area contributed by atoms with Gasteiger partial charge in [0.1, 0.15) is 18.3 Å². The zero-order chi connectivity index (χ0) is 11.1. The summed E-state index contributed by atoms with van der Waals surface area (Å²) in [5.74, 6) is -0.456. The van der Waals surface area contributed by atoms with E-state index >= 15 is 0 Å². The molecule has 0 amide bonds. The number of carbonyl (C=O) groups excluding carboxylic acids is 1. The van der Waals surface area contributed by atoms with Crippen molar-refractivity contribution >= 4 is 21.7 Å². The van der Waals surface area contributed by atoms with Crippen LogP contribution in [0.2, 0.25) is 0 Å². The number of alkyl halides is 1. The predicted octanol–water partition coefficient (Wildman–Crippen LogP) is -0.832. The van der Waals surface area contributed by atoms with Gasteiger partial charge in [-0.3, -0.25) is 4.79 Å². The van der Waals surface area contributed by atoms with Crippen LogP contribution in [0.3, 0.4) is 0 Å². The summed E-state index contributed by atoms with van der Waals surface area (Å²) in [4.78, 5) is 11.2. The summed E-state index contributed by atoms with van der Waals surface area (Å²) in [6.07, 6.45) is -4.81. The van der Waals surface area contributed by atoms with Crippen molar-refractivity contribution in [1.82, 2.24) is 0 Å². The molecule has 3 N–H and O–H groups in total. The van der Waals surface area contributed by atoms with Gasteiger partial charge < -0.3 is 20.1 Å². The highest BCUT2D eigenvalue weighted by atomic mass is 79.9. The Bertz CT molecular complexity index is 246. The molecule has 1 heterocycles. The fourth-order valence-corrected chi connectivity index (χ4v) is 1.95. The lowest BCUT2D eigenvalue weighted by Crippen LogP contribution is -2.63. The number of Topliss-reactive ketones (excluding diaryl/α,β-unsaturated/α-hetero) is 1. The smallest absolute Gasteiger partial charge is 0.209 e. The van der Waals surface area contributed by atoms with Gasteiger partial charge in [0.05, 0.1) is 6.10 Å². The van der Waals surface area contributed by atoms with Gasteiger partial charge in [0.2, 0.25) is 4.51 Å². The molecule has 1 rings (SSSR count). The molecular weight excluding hydrogens is 256 g/mol. The van der Waals surface area contributed by atoms with Gasteiger partial charge in [-0.1, -0.05) is 0 Å². The van der Waals surface area contributed by atoms with Gasteiger partial charge in [0.15, 0.2) is 5.78 Å². The van der Waals surface area contributed by atoms with Crippen molar-refractivity contribution in [2.45, 2.75) is 42.8 Å². The van der Waals surface area contributed by atoms with E-state index in [2.05, 4.69) is 15.9 Å². The van der Waals surface area contributed by atoms with Crippen molar-refractivity contribution in [2.75, 3.05) is 0 Å². The SMILES string of the molecule is CC(=O)C1(Br)O[C@H](C)[C@H](O)[C@H](O)[C@H]1O. The van der Waals surface area contributed by atoms with Crippen LogP contribution >= 0.6 is 15.9 Å². The minimum Gasteiger partial charge on any atom is -0.388 e. The first-order valence-electron chi connectivity index (χ1n) is 4.22. The molecular formula is C8H13BrO5. The minimum absolute atomic E-state index is 0.456. The molecule has 1 aliphatic heterocycles. The quantitative estimate of drug-likeness (QED) is 0.541. The van der Waals surface area contributed by atoms with Crippen LogP contribution < -0.4 is 0 Å². The molecule has 0 spiro atoms. The number of aliphatic hydroxyl groups is 3. The van der Waals surface area contributed by atoms with E-state index in [4.69, 9.17) is 4.74 Å². The first kappa shape index (κ1) is 12.1. The van der Waals surface area contributed by atoms with Gasteiger partial charge >= 0.3 is 0 Å². The fourth-order valence-electron chi connectivity index (χ4n) is 1.39. The lowest BCUT2D eigenvalue weighted by atomic mass is 9.94. The average Bonchev–Trinajstić information content (AvgIpc) is 2.11. The van der Waals surface area contributed by atoms with Gasteiger partial charge in [-0.25, -0.2) is 0 Å². The third-order valence-corrected chi connectivity index (χ3v) is 3.59. The topological polar surface area (TPSA) is 87.0 Å². The summed E-state index contributed by atoms with van der Waals surface area (Å²) >= 11 is 2.94. The monoisotopic (exact) mass is 268 g/mol. The van der Waals surface area contributed by atoms with Crippen molar-refractivity contribution in [3.8, 4) is 0 Å². The maximum atomic E-state index is 11.2. The van der Waals surface area contributed by atoms with Gasteiger partial charge in [-0.2, -0.15) is 0 Å². The third kappa shape index (κ3) is 1.72. The Morgan fingerprint density at radius 1 is 1.36 bits per heavy atom. The third-order valence-electron chi connectivity index (χ3n) is 2.37. The average molecular weight is 269 g/mol. The number of aliphatic hydroxyl groups excluding tert-OH is 3. The Hall–Kier alpha value is -0.0100. The number of halogens is 1. The van der Waals surface area contributed by atoms with Gasteiger partial charge in [0, 0.05) is 0 Å². The summed E-state index contributed by atoms with van der Waals surface area (Å²) in [5.41, 5.74) is 0. The summed E-state index contributed by atoms with van der Waals surface area (Å²) < 4.78 is 3.52. The molecule has 5 nitrogen and oxygen atoms in total. The van der Waals surface area contributed by atoms with Crippen molar-refractivity contribution < 1.29 is 24.9 Å². The van der Waals surface area contributed by atoms with Crippen molar-refractivity contribution in [2.24, 2.45) is 0 Å². The van der Waals surface area contributed by atoms with Crippen molar-refractivity contribution in [3.05, 3.63) is 0 Å².